The third kappa shape index (κ3) is 4.68. The zero-order valence-electron chi connectivity index (χ0n) is 36.8. The van der Waals surface area contributed by atoms with Crippen molar-refractivity contribution in [2.24, 2.45) is 0 Å². The van der Waals surface area contributed by atoms with Gasteiger partial charge in [-0.15, -0.1) is 0 Å². The minimum absolute atomic E-state index is 0.0179. The Kier molecular flexibility index (Phi) is 7.26. The van der Waals surface area contributed by atoms with Crippen molar-refractivity contribution in [1.29, 1.82) is 0 Å². The Morgan fingerprint density at radius 1 is 0.250 bits per heavy atom. The van der Waals surface area contributed by atoms with Gasteiger partial charge in [-0.3, -0.25) is 0 Å². The Labute approximate surface area is 396 Å². The summed E-state index contributed by atoms with van der Waals surface area (Å²) in [4.78, 5) is 10.1. The number of rotatable bonds is 3. The number of benzene rings is 10. The largest absolute Gasteiger partial charge is 0.458 e. The molecule has 0 N–H and O–H groups in total. The Hall–Kier alpha value is -8.61. The highest BCUT2D eigenvalue weighted by molar-refractivity contribution is 7.05. The van der Waals surface area contributed by atoms with E-state index >= 15 is 0 Å². The molecular formula is C60H37B3N4O. The summed E-state index contributed by atoms with van der Waals surface area (Å²) in [6.07, 6.45) is 0. The predicted octanol–water partition coefficient (Wildman–Crippen LogP) is 8.79. The second-order valence-electron chi connectivity index (χ2n) is 18.7. The third-order valence-electron chi connectivity index (χ3n) is 15.4. The maximum Gasteiger partial charge on any atom is 0.256 e. The highest BCUT2D eigenvalue weighted by Gasteiger charge is 2.52. The molecule has 0 aliphatic carbocycles. The molecule has 8 heteroatoms. The number of hydrogen-bond donors (Lipinski definition) is 0. The maximum absolute atomic E-state index is 7.13. The molecule has 10 aromatic rings. The van der Waals surface area contributed by atoms with Gasteiger partial charge in [-0.2, -0.15) is 0 Å². The van der Waals surface area contributed by atoms with Crippen molar-refractivity contribution in [3.8, 4) is 11.5 Å². The Morgan fingerprint density at radius 2 is 0.662 bits per heavy atom. The number of hydrogen-bond acceptors (Lipinski definition) is 5. The van der Waals surface area contributed by atoms with Gasteiger partial charge in [-0.25, -0.2) is 0 Å². The van der Waals surface area contributed by atoms with Crippen LogP contribution in [0, 0.1) is 0 Å². The summed E-state index contributed by atoms with van der Waals surface area (Å²) < 4.78 is 7.13. The molecular weight excluding hydrogens is 825 g/mol. The van der Waals surface area contributed by atoms with Crippen molar-refractivity contribution in [3.63, 3.8) is 0 Å². The van der Waals surface area contributed by atoms with Crippen LogP contribution in [0.2, 0.25) is 0 Å². The molecule has 6 heterocycles. The van der Waals surface area contributed by atoms with Crippen molar-refractivity contribution in [2.75, 3.05) is 19.6 Å². The van der Waals surface area contributed by atoms with Gasteiger partial charge in [0.2, 0.25) is 0 Å². The SMILES string of the molecule is c1ccc(N2c3ccccc3B3c4cc5c(cc4N(c4ccccc4)c4cccc2c43)N(c2ccccc2)c2cc3c4c6c2B5c2ccccc2N6c2ccccc2B4c2ccccc2O3)cc1. The van der Waals surface area contributed by atoms with Crippen LogP contribution in [-0.4, -0.2) is 20.1 Å². The molecule has 0 unspecified atom stereocenters. The third-order valence-corrected chi connectivity index (χ3v) is 15.4. The molecule has 0 bridgehead atoms. The van der Waals surface area contributed by atoms with E-state index in [0.717, 1.165) is 34.2 Å². The fourth-order valence-electron chi connectivity index (χ4n) is 12.9. The smallest absolute Gasteiger partial charge is 0.256 e. The van der Waals surface area contributed by atoms with E-state index in [0.29, 0.717) is 0 Å². The number of ether oxygens (including phenoxy) is 1. The molecule has 0 aromatic heterocycles. The molecule has 68 heavy (non-hydrogen) atoms. The van der Waals surface area contributed by atoms with Gasteiger partial charge in [0, 0.05) is 74.3 Å². The van der Waals surface area contributed by atoms with E-state index in [1.54, 1.807) is 0 Å². The van der Waals surface area contributed by atoms with Crippen LogP contribution < -0.4 is 73.5 Å². The van der Waals surface area contributed by atoms with E-state index < -0.39 is 0 Å². The van der Waals surface area contributed by atoms with E-state index in [1.807, 2.05) is 0 Å². The van der Waals surface area contributed by atoms with Crippen LogP contribution in [0.25, 0.3) is 0 Å². The average molecular weight is 862 g/mol. The molecule has 5 nitrogen and oxygen atoms in total. The molecule has 6 aliphatic heterocycles. The summed E-state index contributed by atoms with van der Waals surface area (Å²) in [5.74, 6) is 1.83. The normalized spacial score (nSPS) is 14.4. The van der Waals surface area contributed by atoms with Gasteiger partial charge in [0.1, 0.15) is 11.5 Å². The summed E-state index contributed by atoms with van der Waals surface area (Å²) >= 11 is 0. The van der Waals surface area contributed by atoms with Gasteiger partial charge in [0.15, 0.2) is 0 Å². The van der Waals surface area contributed by atoms with Gasteiger partial charge in [-0.05, 0) is 128 Å². The summed E-state index contributed by atoms with van der Waals surface area (Å²) in [6, 6.07) is 83.1. The fourth-order valence-corrected chi connectivity index (χ4v) is 12.9. The van der Waals surface area contributed by atoms with Crippen LogP contribution >= 0.6 is 0 Å². The summed E-state index contributed by atoms with van der Waals surface area (Å²) in [5.41, 5.74) is 25.7. The van der Waals surface area contributed by atoms with Crippen molar-refractivity contribution in [2.45, 2.75) is 0 Å². The van der Waals surface area contributed by atoms with Gasteiger partial charge in [0.05, 0.1) is 0 Å². The second kappa shape index (κ2) is 13.5. The number of anilines is 12. The minimum atomic E-state index is -0.0671. The van der Waals surface area contributed by atoms with Crippen LogP contribution in [0.3, 0.4) is 0 Å². The van der Waals surface area contributed by atoms with Gasteiger partial charge in [0.25, 0.3) is 20.1 Å². The van der Waals surface area contributed by atoms with Crippen molar-refractivity contribution >= 4 is 138 Å². The van der Waals surface area contributed by atoms with Crippen LogP contribution in [0.4, 0.5) is 68.2 Å². The number of fused-ring (bicyclic) bond motifs is 14. The van der Waals surface area contributed by atoms with E-state index in [9.17, 15) is 0 Å². The standard InChI is InChI=1S/C60H37B3N4O/c1-4-19-38(20-5-1)64-47-29-14-10-25-41(47)62-45-35-46-53(36-52(45)65(39-21-6-2-7-22-39)51-33-18-32-50(64)57(51)62)66(40-23-8-3-9-24-40)54-37-56-59-60-58(54)63(46)43-27-12-16-31-49(43)67(60)48-30-15-11-26-42(48)61(59)44-28-13-17-34-55(44)68-56/h1-37H. The molecule has 10 aromatic carbocycles. The first kappa shape index (κ1) is 36.6. The molecule has 0 saturated carbocycles. The maximum atomic E-state index is 7.13. The second-order valence-corrected chi connectivity index (χ2v) is 18.7. The first-order valence-electron chi connectivity index (χ1n) is 23.7. The van der Waals surface area contributed by atoms with Crippen LogP contribution in [0.15, 0.2) is 224 Å². The highest BCUT2D eigenvalue weighted by Crippen LogP contribution is 2.50. The van der Waals surface area contributed by atoms with Crippen molar-refractivity contribution < 1.29 is 4.74 Å². The van der Waals surface area contributed by atoms with E-state index in [4.69, 9.17) is 4.74 Å². The van der Waals surface area contributed by atoms with Crippen molar-refractivity contribution in [3.05, 3.63) is 224 Å². The summed E-state index contributed by atoms with van der Waals surface area (Å²) in [5, 5.41) is 0. The van der Waals surface area contributed by atoms with Gasteiger partial charge in [-0.1, -0.05) is 140 Å². The molecule has 6 aliphatic rings. The molecule has 0 spiro atoms. The zero-order chi connectivity index (χ0) is 44.2. The molecule has 0 radical (unpaired) electrons. The monoisotopic (exact) mass is 862 g/mol. The highest BCUT2D eigenvalue weighted by atomic mass is 16.5. The Balaban J connectivity index is 1.04. The molecule has 0 atom stereocenters. The van der Waals surface area contributed by atoms with Crippen molar-refractivity contribution in [1.82, 2.24) is 0 Å². The first-order valence-corrected chi connectivity index (χ1v) is 23.7. The number of para-hydroxylation sites is 7. The molecule has 16 rings (SSSR count). The molecule has 312 valence electrons. The Morgan fingerprint density at radius 3 is 1.22 bits per heavy atom. The predicted molar refractivity (Wildman–Crippen MR) is 286 cm³/mol. The first-order chi connectivity index (χ1) is 33.8. The van der Waals surface area contributed by atoms with Gasteiger partial charge >= 0.3 is 0 Å². The summed E-state index contributed by atoms with van der Waals surface area (Å²) in [6.45, 7) is -0.0745. The number of nitrogens with zero attached hydrogens (tertiary/aromatic N) is 4. The van der Waals surface area contributed by atoms with Crippen LogP contribution in [0.5, 0.6) is 11.5 Å². The molecule has 0 amide bonds. The lowest BCUT2D eigenvalue weighted by Crippen LogP contribution is -2.68. The topological polar surface area (TPSA) is 22.2 Å². The lowest BCUT2D eigenvalue weighted by molar-refractivity contribution is 0.488. The van der Waals surface area contributed by atoms with E-state index in [1.165, 1.54) is 94.7 Å². The quantitative estimate of drug-likeness (QED) is 0.165. The van der Waals surface area contributed by atoms with Crippen LogP contribution in [0.1, 0.15) is 0 Å². The van der Waals surface area contributed by atoms with Crippen LogP contribution in [-0.2, 0) is 0 Å². The zero-order valence-corrected chi connectivity index (χ0v) is 36.8. The van der Waals surface area contributed by atoms with E-state index in [-0.39, 0.29) is 20.1 Å². The summed E-state index contributed by atoms with van der Waals surface area (Å²) in [7, 11) is 0. The average Bonchev–Trinajstić information content (AvgIpc) is 3.40. The fraction of sp³-hybridized carbons (Fsp3) is 0. The van der Waals surface area contributed by atoms with Gasteiger partial charge < -0.3 is 24.3 Å². The lowest BCUT2D eigenvalue weighted by Gasteiger charge is -2.50. The lowest BCUT2D eigenvalue weighted by atomic mass is 9.28. The minimum Gasteiger partial charge on any atom is -0.458 e. The van der Waals surface area contributed by atoms with E-state index in [2.05, 4.69) is 244 Å². The Bertz CT molecular complexity index is 3790. The molecule has 0 fully saturated rings. The molecule has 0 saturated heterocycles.